The number of aryl methyl sites for hydroxylation is 1. The van der Waals surface area contributed by atoms with Crippen LogP contribution < -0.4 is 10.2 Å². The summed E-state index contributed by atoms with van der Waals surface area (Å²) in [6, 6.07) is 0. The third-order valence-corrected chi connectivity index (χ3v) is 3.07. The molecule has 0 bridgehead atoms. The van der Waals surface area contributed by atoms with Gasteiger partial charge in [-0.1, -0.05) is 6.92 Å². The standard InChI is InChI=1S/C13H22N4/c1-4-7-14-13-15-8-10(2)12(16-13)17(3)9-11-5-6-11/h8,11H,4-7,9H2,1-3H3,(H,14,15,16). The molecule has 2 rings (SSSR count). The van der Waals surface area contributed by atoms with Gasteiger partial charge in [-0.2, -0.15) is 4.98 Å². The van der Waals surface area contributed by atoms with E-state index in [1.165, 1.54) is 12.8 Å². The van der Waals surface area contributed by atoms with Crippen LogP contribution in [0.25, 0.3) is 0 Å². The van der Waals surface area contributed by atoms with Crippen molar-refractivity contribution in [2.45, 2.75) is 33.1 Å². The van der Waals surface area contributed by atoms with Crippen LogP contribution in [0.2, 0.25) is 0 Å². The Morgan fingerprint density at radius 2 is 2.24 bits per heavy atom. The Labute approximate surface area is 103 Å². The molecule has 1 aromatic rings. The molecule has 0 aliphatic heterocycles. The van der Waals surface area contributed by atoms with Crippen LogP contribution in [0.1, 0.15) is 31.7 Å². The summed E-state index contributed by atoms with van der Waals surface area (Å²) in [6.45, 7) is 6.25. The smallest absolute Gasteiger partial charge is 0.224 e. The van der Waals surface area contributed by atoms with Crippen molar-refractivity contribution in [2.75, 3.05) is 30.4 Å². The van der Waals surface area contributed by atoms with Gasteiger partial charge in [0.25, 0.3) is 0 Å². The van der Waals surface area contributed by atoms with E-state index in [2.05, 4.69) is 41.1 Å². The van der Waals surface area contributed by atoms with Gasteiger partial charge in [0.2, 0.25) is 5.95 Å². The fourth-order valence-electron chi connectivity index (χ4n) is 1.92. The third kappa shape index (κ3) is 3.32. The molecule has 0 spiro atoms. The molecule has 0 radical (unpaired) electrons. The summed E-state index contributed by atoms with van der Waals surface area (Å²) in [7, 11) is 2.12. The number of hydrogen-bond donors (Lipinski definition) is 1. The molecule has 1 aliphatic carbocycles. The van der Waals surface area contributed by atoms with Gasteiger partial charge in [-0.15, -0.1) is 0 Å². The second kappa shape index (κ2) is 5.34. The highest BCUT2D eigenvalue weighted by atomic mass is 15.2. The van der Waals surface area contributed by atoms with Crippen molar-refractivity contribution in [3.63, 3.8) is 0 Å². The number of hydrogen-bond acceptors (Lipinski definition) is 4. The van der Waals surface area contributed by atoms with Crippen LogP contribution in [0.5, 0.6) is 0 Å². The summed E-state index contributed by atoms with van der Waals surface area (Å²) in [5.74, 6) is 2.68. The van der Waals surface area contributed by atoms with E-state index < -0.39 is 0 Å². The Bertz CT molecular complexity index is 374. The lowest BCUT2D eigenvalue weighted by Crippen LogP contribution is -2.22. The zero-order valence-electron chi connectivity index (χ0n) is 11.0. The molecule has 1 heterocycles. The summed E-state index contributed by atoms with van der Waals surface area (Å²) in [4.78, 5) is 11.2. The molecule has 0 aromatic carbocycles. The van der Waals surface area contributed by atoms with Crippen molar-refractivity contribution in [3.05, 3.63) is 11.8 Å². The van der Waals surface area contributed by atoms with Crippen LogP contribution in [0.3, 0.4) is 0 Å². The van der Waals surface area contributed by atoms with Gasteiger partial charge in [-0.3, -0.25) is 0 Å². The molecular formula is C13H22N4. The van der Waals surface area contributed by atoms with Gasteiger partial charge in [0, 0.05) is 31.9 Å². The Kier molecular flexibility index (Phi) is 3.82. The van der Waals surface area contributed by atoms with E-state index in [4.69, 9.17) is 0 Å². The summed E-state index contributed by atoms with van der Waals surface area (Å²) in [5.41, 5.74) is 1.15. The normalized spacial score (nSPS) is 14.8. The topological polar surface area (TPSA) is 41.1 Å². The maximum atomic E-state index is 4.59. The van der Waals surface area contributed by atoms with Crippen molar-refractivity contribution in [3.8, 4) is 0 Å². The first-order valence-electron chi connectivity index (χ1n) is 6.49. The van der Waals surface area contributed by atoms with E-state index in [-0.39, 0.29) is 0 Å². The first kappa shape index (κ1) is 12.1. The molecule has 0 amide bonds. The molecule has 17 heavy (non-hydrogen) atoms. The van der Waals surface area contributed by atoms with Gasteiger partial charge >= 0.3 is 0 Å². The lowest BCUT2D eigenvalue weighted by atomic mass is 10.3. The summed E-state index contributed by atoms with van der Waals surface area (Å²) >= 11 is 0. The minimum Gasteiger partial charge on any atom is -0.359 e. The largest absolute Gasteiger partial charge is 0.359 e. The predicted octanol–water partition coefficient (Wildman–Crippen LogP) is 2.45. The average Bonchev–Trinajstić information content (AvgIpc) is 3.11. The highest BCUT2D eigenvalue weighted by Crippen LogP contribution is 2.31. The molecule has 4 nitrogen and oxygen atoms in total. The molecular weight excluding hydrogens is 212 g/mol. The molecule has 1 saturated carbocycles. The molecule has 0 atom stereocenters. The first-order chi connectivity index (χ1) is 8.20. The Morgan fingerprint density at radius 1 is 1.47 bits per heavy atom. The van der Waals surface area contributed by atoms with E-state index >= 15 is 0 Å². The lowest BCUT2D eigenvalue weighted by Gasteiger charge is -2.20. The van der Waals surface area contributed by atoms with Crippen molar-refractivity contribution in [2.24, 2.45) is 5.92 Å². The van der Waals surface area contributed by atoms with Crippen molar-refractivity contribution >= 4 is 11.8 Å². The van der Waals surface area contributed by atoms with E-state index in [0.29, 0.717) is 0 Å². The summed E-state index contributed by atoms with van der Waals surface area (Å²) in [5, 5.41) is 3.24. The molecule has 4 heteroatoms. The van der Waals surface area contributed by atoms with Crippen LogP contribution >= 0.6 is 0 Å². The van der Waals surface area contributed by atoms with Crippen molar-refractivity contribution in [1.82, 2.24) is 9.97 Å². The minimum absolute atomic E-state index is 0.745. The van der Waals surface area contributed by atoms with Crippen LogP contribution in [0.15, 0.2) is 6.20 Å². The predicted molar refractivity (Wildman–Crippen MR) is 71.5 cm³/mol. The highest BCUT2D eigenvalue weighted by Gasteiger charge is 2.24. The Balaban J connectivity index is 2.07. The quantitative estimate of drug-likeness (QED) is 0.821. The zero-order valence-corrected chi connectivity index (χ0v) is 11.0. The van der Waals surface area contributed by atoms with E-state index in [9.17, 15) is 0 Å². The molecule has 1 aromatic heterocycles. The van der Waals surface area contributed by atoms with E-state index in [1.54, 1.807) is 0 Å². The van der Waals surface area contributed by atoms with E-state index in [1.807, 2.05) is 6.20 Å². The third-order valence-electron chi connectivity index (χ3n) is 3.07. The SMILES string of the molecule is CCCNc1ncc(C)c(N(C)CC2CC2)n1. The van der Waals surface area contributed by atoms with Gasteiger partial charge in [-0.05, 0) is 32.1 Å². The minimum atomic E-state index is 0.745. The molecule has 0 saturated heterocycles. The maximum Gasteiger partial charge on any atom is 0.224 e. The fourth-order valence-corrected chi connectivity index (χ4v) is 1.92. The van der Waals surface area contributed by atoms with Crippen LogP contribution in [-0.2, 0) is 0 Å². The van der Waals surface area contributed by atoms with Gasteiger partial charge in [0.1, 0.15) is 5.82 Å². The van der Waals surface area contributed by atoms with Crippen molar-refractivity contribution < 1.29 is 0 Å². The molecule has 0 unspecified atom stereocenters. The van der Waals surface area contributed by atoms with Gasteiger partial charge in [0.15, 0.2) is 0 Å². The second-order valence-electron chi connectivity index (χ2n) is 4.95. The summed E-state index contributed by atoms with van der Waals surface area (Å²) < 4.78 is 0. The van der Waals surface area contributed by atoms with Gasteiger partial charge in [0.05, 0.1) is 0 Å². The second-order valence-corrected chi connectivity index (χ2v) is 4.95. The molecule has 1 N–H and O–H groups in total. The first-order valence-corrected chi connectivity index (χ1v) is 6.49. The monoisotopic (exact) mass is 234 g/mol. The lowest BCUT2D eigenvalue weighted by molar-refractivity contribution is 0.772. The number of anilines is 2. The van der Waals surface area contributed by atoms with Crippen molar-refractivity contribution in [1.29, 1.82) is 0 Å². The van der Waals surface area contributed by atoms with Gasteiger partial charge in [-0.25, -0.2) is 4.98 Å². The molecule has 1 fully saturated rings. The van der Waals surface area contributed by atoms with Crippen LogP contribution in [0.4, 0.5) is 11.8 Å². The fraction of sp³-hybridized carbons (Fsp3) is 0.692. The zero-order chi connectivity index (χ0) is 12.3. The maximum absolute atomic E-state index is 4.59. The van der Waals surface area contributed by atoms with Crippen LogP contribution in [0, 0.1) is 12.8 Å². The summed E-state index contributed by atoms with van der Waals surface area (Å²) in [6.07, 6.45) is 5.74. The van der Waals surface area contributed by atoms with E-state index in [0.717, 1.165) is 42.8 Å². The van der Waals surface area contributed by atoms with Gasteiger partial charge < -0.3 is 10.2 Å². The molecule has 94 valence electrons. The number of rotatable bonds is 6. The number of aromatic nitrogens is 2. The Hall–Kier alpha value is -1.32. The highest BCUT2D eigenvalue weighted by molar-refractivity contribution is 5.48. The van der Waals surface area contributed by atoms with Crippen LogP contribution in [-0.4, -0.2) is 30.1 Å². The molecule has 1 aliphatic rings. The average molecular weight is 234 g/mol. The number of nitrogens with zero attached hydrogens (tertiary/aromatic N) is 3. The Morgan fingerprint density at radius 3 is 2.88 bits per heavy atom. The number of nitrogens with one attached hydrogen (secondary N) is 1.